The Kier molecular flexibility index (Phi) is 2.33. The first-order chi connectivity index (χ1) is 8.13. The molecule has 0 saturated carbocycles. The summed E-state index contributed by atoms with van der Waals surface area (Å²) < 4.78 is 6.19. The number of H-pyrrole nitrogens is 1. The lowest BCUT2D eigenvalue weighted by Gasteiger charge is -1.97. The van der Waals surface area contributed by atoms with E-state index in [1.807, 2.05) is 12.1 Å². The molecule has 0 spiro atoms. The Hall–Kier alpha value is -1.55. The number of hydrogen-bond donors (Lipinski definition) is 1. The Morgan fingerprint density at radius 2 is 1.94 bits per heavy atom. The molecule has 17 heavy (non-hydrogen) atoms. The van der Waals surface area contributed by atoms with Crippen molar-refractivity contribution >= 4 is 27.0 Å². The number of halogens is 1. The third-order valence-corrected chi connectivity index (χ3v) is 3.33. The number of nitrogens with one attached hydrogen (secondary N) is 1. The van der Waals surface area contributed by atoms with Crippen LogP contribution in [0, 0.1) is 13.8 Å². The second-order valence-corrected chi connectivity index (χ2v) is 4.92. The maximum absolute atomic E-state index is 5.48. The molecule has 0 aliphatic heterocycles. The summed E-state index contributed by atoms with van der Waals surface area (Å²) in [5.41, 5.74) is 4.51. The molecule has 0 aliphatic carbocycles. The molecule has 0 atom stereocenters. The summed E-state index contributed by atoms with van der Waals surface area (Å²) in [7, 11) is 0. The topological polar surface area (TPSA) is 41.8 Å². The van der Waals surface area contributed by atoms with Gasteiger partial charge in [0.1, 0.15) is 0 Å². The molecule has 2 heterocycles. The summed E-state index contributed by atoms with van der Waals surface area (Å²) >= 11 is 3.29. The monoisotopic (exact) mass is 290 g/mol. The van der Waals surface area contributed by atoms with E-state index in [0.717, 1.165) is 22.6 Å². The molecule has 0 bridgehead atoms. The van der Waals surface area contributed by atoms with Crippen LogP contribution >= 0.6 is 15.9 Å². The van der Waals surface area contributed by atoms with E-state index in [2.05, 4.69) is 51.9 Å². The molecule has 0 radical (unpaired) electrons. The molecule has 2 aromatic heterocycles. The van der Waals surface area contributed by atoms with E-state index < -0.39 is 0 Å². The minimum Gasteiger partial charge on any atom is -0.446 e. The van der Waals surface area contributed by atoms with Gasteiger partial charge < -0.3 is 9.40 Å². The van der Waals surface area contributed by atoms with Crippen LogP contribution in [-0.4, -0.2) is 9.97 Å². The number of aromatic nitrogens is 2. The first-order valence-corrected chi connectivity index (χ1v) is 6.15. The fourth-order valence-electron chi connectivity index (χ4n) is 1.83. The lowest BCUT2D eigenvalue weighted by Crippen LogP contribution is -1.79. The zero-order valence-electron chi connectivity index (χ0n) is 9.54. The van der Waals surface area contributed by atoms with Gasteiger partial charge in [0.25, 0.3) is 0 Å². The second-order valence-electron chi connectivity index (χ2n) is 4.14. The molecule has 86 valence electrons. The molecule has 0 fully saturated rings. The van der Waals surface area contributed by atoms with Crippen molar-refractivity contribution in [1.29, 1.82) is 0 Å². The number of furan rings is 1. The Morgan fingerprint density at radius 3 is 2.65 bits per heavy atom. The number of aryl methyl sites for hydroxylation is 2. The van der Waals surface area contributed by atoms with Crippen LogP contribution in [0.15, 0.2) is 33.4 Å². The number of benzene rings is 1. The van der Waals surface area contributed by atoms with Crippen molar-refractivity contribution in [1.82, 2.24) is 9.97 Å². The van der Waals surface area contributed by atoms with Crippen LogP contribution in [0.5, 0.6) is 0 Å². The van der Waals surface area contributed by atoms with Crippen LogP contribution in [0.2, 0.25) is 0 Å². The lowest BCUT2D eigenvalue weighted by atomic mass is 10.1. The number of rotatable bonds is 1. The SMILES string of the molecule is Cc1cc2nc(-c3ccc(Br)o3)[nH]c2cc1C. The molecule has 3 nitrogen and oxygen atoms in total. The third kappa shape index (κ3) is 1.78. The molecule has 0 unspecified atom stereocenters. The van der Waals surface area contributed by atoms with Crippen LogP contribution in [0.4, 0.5) is 0 Å². The highest BCUT2D eigenvalue weighted by atomic mass is 79.9. The first-order valence-electron chi connectivity index (χ1n) is 5.36. The van der Waals surface area contributed by atoms with E-state index in [9.17, 15) is 0 Å². The van der Waals surface area contributed by atoms with Gasteiger partial charge in [0, 0.05) is 0 Å². The lowest BCUT2D eigenvalue weighted by molar-refractivity contribution is 0.552. The molecule has 1 N–H and O–H groups in total. The van der Waals surface area contributed by atoms with E-state index >= 15 is 0 Å². The number of fused-ring (bicyclic) bond motifs is 1. The second kappa shape index (κ2) is 3.74. The fraction of sp³-hybridized carbons (Fsp3) is 0.154. The summed E-state index contributed by atoms with van der Waals surface area (Å²) in [5.74, 6) is 1.50. The van der Waals surface area contributed by atoms with Gasteiger partial charge >= 0.3 is 0 Å². The van der Waals surface area contributed by atoms with Crippen molar-refractivity contribution in [3.05, 3.63) is 40.1 Å². The van der Waals surface area contributed by atoms with Crippen LogP contribution in [0.25, 0.3) is 22.6 Å². The van der Waals surface area contributed by atoms with Crippen molar-refractivity contribution in [2.75, 3.05) is 0 Å². The largest absolute Gasteiger partial charge is 0.446 e. The average molecular weight is 291 g/mol. The molecule has 3 rings (SSSR count). The van der Waals surface area contributed by atoms with Gasteiger partial charge in [-0.15, -0.1) is 0 Å². The molecular formula is C13H11BrN2O. The molecule has 4 heteroatoms. The van der Waals surface area contributed by atoms with Crippen molar-refractivity contribution < 1.29 is 4.42 Å². The highest BCUT2D eigenvalue weighted by Gasteiger charge is 2.09. The van der Waals surface area contributed by atoms with Gasteiger partial charge in [-0.2, -0.15) is 0 Å². The maximum atomic E-state index is 5.48. The minimum absolute atomic E-state index is 0.709. The van der Waals surface area contributed by atoms with Gasteiger partial charge in [-0.1, -0.05) is 0 Å². The molecule has 0 amide bonds. The summed E-state index contributed by atoms with van der Waals surface area (Å²) in [5, 5.41) is 0. The van der Waals surface area contributed by atoms with Gasteiger partial charge in [0.2, 0.25) is 0 Å². The maximum Gasteiger partial charge on any atom is 0.174 e. The average Bonchev–Trinajstić information content (AvgIpc) is 2.85. The number of hydrogen-bond acceptors (Lipinski definition) is 2. The zero-order valence-corrected chi connectivity index (χ0v) is 11.1. The Bertz CT molecular complexity index is 658. The van der Waals surface area contributed by atoms with Crippen molar-refractivity contribution in [3.63, 3.8) is 0 Å². The van der Waals surface area contributed by atoms with Crippen LogP contribution < -0.4 is 0 Å². The third-order valence-electron chi connectivity index (χ3n) is 2.90. The quantitative estimate of drug-likeness (QED) is 0.730. The van der Waals surface area contributed by atoms with Crippen LogP contribution in [0.3, 0.4) is 0 Å². The normalized spacial score (nSPS) is 11.2. The van der Waals surface area contributed by atoms with E-state index in [-0.39, 0.29) is 0 Å². The van der Waals surface area contributed by atoms with Gasteiger partial charge in [0.05, 0.1) is 11.0 Å². The summed E-state index contributed by atoms with van der Waals surface area (Å²) in [4.78, 5) is 7.80. The molecule has 0 saturated heterocycles. The molecular weight excluding hydrogens is 280 g/mol. The van der Waals surface area contributed by atoms with Crippen LogP contribution in [-0.2, 0) is 0 Å². The summed E-state index contributed by atoms with van der Waals surface area (Å²) in [6.45, 7) is 4.19. The van der Waals surface area contributed by atoms with Gasteiger partial charge in [-0.05, 0) is 65.2 Å². The van der Waals surface area contributed by atoms with Crippen molar-refractivity contribution in [2.45, 2.75) is 13.8 Å². The Balaban J connectivity index is 2.19. The Morgan fingerprint density at radius 1 is 1.18 bits per heavy atom. The highest BCUT2D eigenvalue weighted by molar-refractivity contribution is 9.10. The summed E-state index contributed by atoms with van der Waals surface area (Å²) in [6.07, 6.45) is 0. The minimum atomic E-state index is 0.709. The zero-order chi connectivity index (χ0) is 12.0. The highest BCUT2D eigenvalue weighted by Crippen LogP contribution is 2.26. The molecule has 3 aromatic rings. The van der Waals surface area contributed by atoms with Crippen molar-refractivity contribution in [2.24, 2.45) is 0 Å². The molecule has 1 aromatic carbocycles. The van der Waals surface area contributed by atoms with E-state index in [4.69, 9.17) is 4.42 Å². The smallest absolute Gasteiger partial charge is 0.174 e. The van der Waals surface area contributed by atoms with E-state index in [1.165, 1.54) is 11.1 Å². The van der Waals surface area contributed by atoms with Crippen molar-refractivity contribution in [3.8, 4) is 11.6 Å². The van der Waals surface area contributed by atoms with Gasteiger partial charge in [0.15, 0.2) is 16.3 Å². The van der Waals surface area contributed by atoms with Crippen LogP contribution in [0.1, 0.15) is 11.1 Å². The first kappa shape index (κ1) is 10.6. The fourth-order valence-corrected chi connectivity index (χ4v) is 2.13. The van der Waals surface area contributed by atoms with Gasteiger partial charge in [-0.25, -0.2) is 4.98 Å². The number of imidazole rings is 1. The number of aromatic amines is 1. The summed E-state index contributed by atoms with van der Waals surface area (Å²) in [6, 6.07) is 7.95. The Labute approximate surface area is 107 Å². The van der Waals surface area contributed by atoms with Gasteiger partial charge in [-0.3, -0.25) is 0 Å². The predicted octanol–water partition coefficient (Wildman–Crippen LogP) is 4.20. The standard InChI is InChI=1S/C13H11BrN2O/c1-7-5-9-10(6-8(7)2)16-13(15-9)11-3-4-12(14)17-11/h3-6H,1-2H3,(H,15,16). The van der Waals surface area contributed by atoms with E-state index in [1.54, 1.807) is 0 Å². The predicted molar refractivity (Wildman–Crippen MR) is 71.0 cm³/mol. The number of nitrogens with zero attached hydrogens (tertiary/aromatic N) is 1. The molecule has 0 aliphatic rings. The van der Waals surface area contributed by atoms with E-state index in [0.29, 0.717) is 4.67 Å².